The van der Waals surface area contributed by atoms with Gasteiger partial charge in [0.25, 0.3) is 0 Å². The molecule has 0 aromatic rings. The van der Waals surface area contributed by atoms with Crippen LogP contribution < -0.4 is 5.73 Å². The third-order valence-corrected chi connectivity index (χ3v) is 4.46. The fourth-order valence-electron chi connectivity index (χ4n) is 3.38. The van der Waals surface area contributed by atoms with Crippen LogP contribution in [0.25, 0.3) is 0 Å². The molecule has 0 atom stereocenters. The highest BCUT2D eigenvalue weighted by Gasteiger charge is 2.38. The fraction of sp³-hybridized carbons (Fsp3) is 1.00. The minimum atomic E-state index is 0.265. The second kappa shape index (κ2) is 3.61. The zero-order chi connectivity index (χ0) is 9.31. The van der Waals surface area contributed by atoms with Gasteiger partial charge in [-0.3, -0.25) is 5.73 Å². The van der Waals surface area contributed by atoms with Gasteiger partial charge < -0.3 is 0 Å². The largest absolute Gasteiger partial charge is 0.255 e. The van der Waals surface area contributed by atoms with Crippen molar-refractivity contribution in [3.8, 4) is 0 Å². The molecule has 0 spiro atoms. The van der Waals surface area contributed by atoms with Crippen LogP contribution in [0.4, 0.5) is 0 Å². The van der Waals surface area contributed by atoms with E-state index in [1.54, 1.807) is 0 Å². The second-order valence-electron chi connectivity index (χ2n) is 5.41. The smallest absolute Gasteiger partial charge is 0.0213 e. The van der Waals surface area contributed by atoms with Crippen LogP contribution in [0.3, 0.4) is 0 Å². The van der Waals surface area contributed by atoms with Gasteiger partial charge in [-0.05, 0) is 49.9 Å². The van der Waals surface area contributed by atoms with Gasteiger partial charge in [-0.15, -0.1) is 0 Å². The first-order valence-corrected chi connectivity index (χ1v) is 5.92. The molecule has 2 rings (SSSR count). The topological polar surface area (TPSA) is 23.8 Å². The SMILES string of the molecule is CC1(C2CCC([NH])CC2)CCCC1. The highest BCUT2D eigenvalue weighted by atomic mass is 14.6. The summed E-state index contributed by atoms with van der Waals surface area (Å²) in [5, 5.41) is 0. The average molecular weight is 180 g/mol. The van der Waals surface area contributed by atoms with E-state index in [1.807, 2.05) is 0 Å². The number of nitrogens with one attached hydrogen (secondary N) is 1. The molecular weight excluding hydrogens is 158 g/mol. The molecular formula is C12H22N. The molecule has 1 heteroatoms. The van der Waals surface area contributed by atoms with Crippen LogP contribution in [0, 0.1) is 11.3 Å². The van der Waals surface area contributed by atoms with E-state index in [9.17, 15) is 0 Å². The van der Waals surface area contributed by atoms with Gasteiger partial charge in [0.1, 0.15) is 0 Å². The Bertz CT molecular complexity index is 162. The minimum absolute atomic E-state index is 0.265. The van der Waals surface area contributed by atoms with E-state index in [4.69, 9.17) is 5.73 Å². The van der Waals surface area contributed by atoms with Crippen molar-refractivity contribution in [2.24, 2.45) is 11.3 Å². The molecule has 0 aromatic heterocycles. The van der Waals surface area contributed by atoms with Gasteiger partial charge in [0.05, 0.1) is 0 Å². The molecule has 0 heterocycles. The lowest BCUT2D eigenvalue weighted by atomic mass is 9.68. The molecule has 2 saturated carbocycles. The summed E-state index contributed by atoms with van der Waals surface area (Å²) in [5.74, 6) is 0.955. The average Bonchev–Trinajstić information content (AvgIpc) is 2.54. The fourth-order valence-corrected chi connectivity index (χ4v) is 3.38. The van der Waals surface area contributed by atoms with E-state index in [2.05, 4.69) is 6.92 Å². The predicted octanol–water partition coefficient (Wildman–Crippen LogP) is 3.41. The number of rotatable bonds is 1. The quantitative estimate of drug-likeness (QED) is 0.590. The van der Waals surface area contributed by atoms with E-state index in [0.29, 0.717) is 5.41 Å². The Hall–Kier alpha value is -0.0400. The van der Waals surface area contributed by atoms with Crippen LogP contribution >= 0.6 is 0 Å². The van der Waals surface area contributed by atoms with Crippen molar-refractivity contribution in [3.05, 3.63) is 0 Å². The van der Waals surface area contributed by atoms with E-state index >= 15 is 0 Å². The Kier molecular flexibility index (Phi) is 2.64. The summed E-state index contributed by atoms with van der Waals surface area (Å²) < 4.78 is 0. The second-order valence-corrected chi connectivity index (χ2v) is 5.41. The molecule has 0 aromatic carbocycles. The lowest BCUT2D eigenvalue weighted by Crippen LogP contribution is -2.30. The van der Waals surface area contributed by atoms with E-state index < -0.39 is 0 Å². The molecule has 0 aliphatic heterocycles. The lowest BCUT2D eigenvalue weighted by molar-refractivity contribution is 0.135. The Morgan fingerprint density at radius 2 is 1.54 bits per heavy atom. The van der Waals surface area contributed by atoms with Gasteiger partial charge in [-0.25, -0.2) is 0 Å². The highest BCUT2D eigenvalue weighted by Crippen LogP contribution is 2.49. The molecule has 2 aliphatic carbocycles. The summed E-state index contributed by atoms with van der Waals surface area (Å²) in [4.78, 5) is 0. The van der Waals surface area contributed by atoms with Crippen LogP contribution in [0.2, 0.25) is 0 Å². The molecule has 1 nitrogen and oxygen atoms in total. The maximum atomic E-state index is 7.70. The van der Waals surface area contributed by atoms with Crippen molar-refractivity contribution in [1.82, 2.24) is 5.73 Å². The molecule has 75 valence electrons. The van der Waals surface area contributed by atoms with E-state index in [-0.39, 0.29) is 6.04 Å². The predicted molar refractivity (Wildman–Crippen MR) is 55.4 cm³/mol. The van der Waals surface area contributed by atoms with Crippen molar-refractivity contribution in [1.29, 1.82) is 0 Å². The summed E-state index contributed by atoms with van der Waals surface area (Å²) in [5.41, 5.74) is 8.36. The van der Waals surface area contributed by atoms with Crippen molar-refractivity contribution in [3.63, 3.8) is 0 Å². The third-order valence-electron chi connectivity index (χ3n) is 4.46. The summed E-state index contributed by atoms with van der Waals surface area (Å²) in [6.45, 7) is 2.49. The van der Waals surface area contributed by atoms with Crippen LogP contribution in [-0.2, 0) is 0 Å². The van der Waals surface area contributed by atoms with Gasteiger partial charge in [0.2, 0.25) is 0 Å². The molecule has 0 unspecified atom stereocenters. The third kappa shape index (κ3) is 1.90. The molecule has 2 aliphatic rings. The minimum Gasteiger partial charge on any atom is -0.255 e. The molecule has 0 amide bonds. The summed E-state index contributed by atoms with van der Waals surface area (Å²) >= 11 is 0. The van der Waals surface area contributed by atoms with Crippen LogP contribution in [0.1, 0.15) is 58.3 Å². The van der Waals surface area contributed by atoms with Gasteiger partial charge in [-0.1, -0.05) is 19.8 Å². The Morgan fingerprint density at radius 1 is 1.00 bits per heavy atom. The maximum Gasteiger partial charge on any atom is 0.0213 e. The Morgan fingerprint density at radius 3 is 2.08 bits per heavy atom. The molecule has 2 fully saturated rings. The number of hydrogen-bond acceptors (Lipinski definition) is 0. The van der Waals surface area contributed by atoms with Gasteiger partial charge in [-0.2, -0.15) is 0 Å². The van der Waals surface area contributed by atoms with Crippen molar-refractivity contribution >= 4 is 0 Å². The molecule has 1 N–H and O–H groups in total. The molecule has 0 saturated heterocycles. The lowest BCUT2D eigenvalue weighted by Gasteiger charge is -2.38. The van der Waals surface area contributed by atoms with E-state index in [1.165, 1.54) is 51.4 Å². The van der Waals surface area contributed by atoms with Crippen LogP contribution in [-0.4, -0.2) is 6.04 Å². The van der Waals surface area contributed by atoms with Gasteiger partial charge in [0.15, 0.2) is 0 Å². The summed E-state index contributed by atoms with van der Waals surface area (Å²) in [6.07, 6.45) is 10.8. The maximum absolute atomic E-state index is 7.70. The normalized spacial score (nSPS) is 39.2. The van der Waals surface area contributed by atoms with Crippen molar-refractivity contribution in [2.45, 2.75) is 64.3 Å². The van der Waals surface area contributed by atoms with Crippen molar-refractivity contribution in [2.75, 3.05) is 0 Å². The monoisotopic (exact) mass is 180 g/mol. The number of hydrogen-bond donors (Lipinski definition) is 0. The molecule has 1 radical (unpaired) electrons. The Balaban J connectivity index is 1.93. The first-order chi connectivity index (χ1) is 6.21. The van der Waals surface area contributed by atoms with Crippen molar-refractivity contribution < 1.29 is 0 Å². The summed E-state index contributed by atoms with van der Waals surface area (Å²) in [6, 6.07) is 0.265. The van der Waals surface area contributed by atoms with Crippen LogP contribution in [0.5, 0.6) is 0 Å². The zero-order valence-electron chi connectivity index (χ0n) is 8.81. The standard InChI is InChI=1S/C12H22N/c1-12(8-2-3-9-12)10-4-6-11(13)7-5-10/h10-11,13H,2-9H2,1H3. The van der Waals surface area contributed by atoms with E-state index in [0.717, 1.165) is 5.92 Å². The first kappa shape index (κ1) is 9.51. The Labute approximate surface area is 82.1 Å². The summed E-state index contributed by atoms with van der Waals surface area (Å²) in [7, 11) is 0. The zero-order valence-corrected chi connectivity index (χ0v) is 8.81. The van der Waals surface area contributed by atoms with Gasteiger partial charge in [0, 0.05) is 6.04 Å². The molecule has 0 bridgehead atoms. The molecule has 13 heavy (non-hydrogen) atoms. The highest BCUT2D eigenvalue weighted by molar-refractivity contribution is 4.90. The van der Waals surface area contributed by atoms with Crippen LogP contribution in [0.15, 0.2) is 0 Å². The first-order valence-electron chi connectivity index (χ1n) is 5.92. The van der Waals surface area contributed by atoms with Gasteiger partial charge >= 0.3 is 0 Å².